The summed E-state index contributed by atoms with van der Waals surface area (Å²) in [7, 11) is 0. The van der Waals surface area contributed by atoms with Crippen molar-refractivity contribution >= 4 is 35.8 Å². The minimum Gasteiger partial charge on any atom is -0.465 e. The predicted octanol–water partition coefficient (Wildman–Crippen LogP) is 2.10. The van der Waals surface area contributed by atoms with E-state index in [0.717, 1.165) is 24.3 Å². The van der Waals surface area contributed by atoms with Gasteiger partial charge in [-0.3, -0.25) is 9.59 Å². The monoisotopic (exact) mass is 609 g/mol. The molecular weight excluding hydrogens is 566 g/mol. The molecule has 240 valence electrons. The van der Waals surface area contributed by atoms with E-state index < -0.39 is 46.6 Å². The van der Waals surface area contributed by atoms with E-state index in [-0.39, 0.29) is 65.6 Å². The van der Waals surface area contributed by atoms with Gasteiger partial charge in [-0.05, 0) is 20.4 Å². The summed E-state index contributed by atoms with van der Waals surface area (Å²) in [4.78, 5) is 72.6. The Morgan fingerprint density at radius 2 is 0.791 bits per heavy atom. The third kappa shape index (κ3) is 18.0. The largest absolute Gasteiger partial charge is 0.465 e. The molecule has 0 aromatic heterocycles. The molecule has 0 heterocycles. The van der Waals surface area contributed by atoms with Crippen LogP contribution in [0.1, 0.15) is 33.6 Å². The van der Waals surface area contributed by atoms with Gasteiger partial charge < -0.3 is 33.3 Å². The van der Waals surface area contributed by atoms with Crippen molar-refractivity contribution in [3.8, 4) is 0 Å². The summed E-state index contributed by atoms with van der Waals surface area (Å²) in [5.41, 5.74) is -2.02. The lowest BCUT2D eigenvalue weighted by molar-refractivity contribution is -0.158. The fourth-order valence-electron chi connectivity index (χ4n) is 3.05. The predicted molar refractivity (Wildman–Crippen MR) is 154 cm³/mol. The lowest BCUT2D eigenvalue weighted by Gasteiger charge is -2.28. The molecule has 0 aromatic carbocycles. The van der Waals surface area contributed by atoms with Crippen LogP contribution in [-0.4, -0.2) is 100.0 Å². The van der Waals surface area contributed by atoms with Gasteiger partial charge in [0, 0.05) is 37.4 Å². The van der Waals surface area contributed by atoms with Gasteiger partial charge in [-0.2, -0.15) is 0 Å². The molecule has 43 heavy (non-hydrogen) atoms. The van der Waals surface area contributed by atoms with Crippen molar-refractivity contribution in [1.82, 2.24) is 4.90 Å². The van der Waals surface area contributed by atoms with E-state index in [9.17, 15) is 28.8 Å². The van der Waals surface area contributed by atoms with Crippen LogP contribution in [0.2, 0.25) is 0 Å². The van der Waals surface area contributed by atoms with Crippen molar-refractivity contribution < 1.29 is 57.2 Å². The van der Waals surface area contributed by atoms with Crippen molar-refractivity contribution in [2.45, 2.75) is 33.6 Å². The van der Waals surface area contributed by atoms with Crippen LogP contribution in [0.3, 0.4) is 0 Å². The zero-order valence-electron chi connectivity index (χ0n) is 25.3. The van der Waals surface area contributed by atoms with Crippen molar-refractivity contribution in [3.63, 3.8) is 0 Å². The molecule has 0 saturated carbocycles. The van der Waals surface area contributed by atoms with Crippen molar-refractivity contribution in [3.05, 3.63) is 50.6 Å². The first-order valence-corrected chi connectivity index (χ1v) is 13.5. The minimum atomic E-state index is -1.01. The molecule has 0 aromatic rings. The molecule has 0 aliphatic rings. The SMILES string of the molecule is C=CC(=O)OCC(C)(COC(=O)C=C)COC(=O)CCN(CC)CCC(=O)OCC(C)(COC(=O)C=C)COC(=O)C=C. The fourth-order valence-corrected chi connectivity index (χ4v) is 3.05. The van der Waals surface area contributed by atoms with Gasteiger partial charge in [0.25, 0.3) is 0 Å². The third-order valence-corrected chi connectivity index (χ3v) is 5.79. The van der Waals surface area contributed by atoms with Gasteiger partial charge in [-0.1, -0.05) is 33.2 Å². The molecular formula is C30H43NO12. The number of rotatable bonds is 23. The molecule has 0 aliphatic heterocycles. The van der Waals surface area contributed by atoms with E-state index in [1.807, 2.05) is 11.8 Å². The number of hydrogen-bond acceptors (Lipinski definition) is 13. The summed E-state index contributed by atoms with van der Waals surface area (Å²) < 4.78 is 30.9. The van der Waals surface area contributed by atoms with Crippen molar-refractivity contribution in [1.29, 1.82) is 0 Å². The number of hydrogen-bond donors (Lipinski definition) is 0. The van der Waals surface area contributed by atoms with Crippen LogP contribution in [0.4, 0.5) is 0 Å². The topological polar surface area (TPSA) is 161 Å². The highest BCUT2D eigenvalue weighted by atomic mass is 16.6. The number of ether oxygens (including phenoxy) is 6. The maximum atomic E-state index is 12.4. The molecule has 0 radical (unpaired) electrons. The molecule has 0 atom stereocenters. The molecule has 0 rings (SSSR count). The first-order chi connectivity index (χ1) is 20.2. The van der Waals surface area contributed by atoms with Gasteiger partial charge >= 0.3 is 35.8 Å². The van der Waals surface area contributed by atoms with Crippen LogP contribution in [0.5, 0.6) is 0 Å². The molecule has 13 heteroatoms. The first kappa shape index (κ1) is 38.7. The fraction of sp³-hybridized carbons (Fsp3) is 0.533. The molecule has 0 unspecified atom stereocenters. The second-order valence-corrected chi connectivity index (χ2v) is 10.1. The summed E-state index contributed by atoms with van der Waals surface area (Å²) >= 11 is 0. The highest BCUT2D eigenvalue weighted by Gasteiger charge is 2.31. The van der Waals surface area contributed by atoms with Crippen LogP contribution in [0.25, 0.3) is 0 Å². The molecule has 0 amide bonds. The average Bonchev–Trinajstić information content (AvgIpc) is 3.01. The van der Waals surface area contributed by atoms with Crippen LogP contribution in [0, 0.1) is 10.8 Å². The van der Waals surface area contributed by atoms with Gasteiger partial charge in [0.1, 0.15) is 39.6 Å². The summed E-state index contributed by atoms with van der Waals surface area (Å²) in [6.07, 6.45) is 3.93. The van der Waals surface area contributed by atoms with E-state index in [1.165, 1.54) is 0 Å². The number of carbonyl (C=O) groups excluding carboxylic acids is 6. The number of carbonyl (C=O) groups is 6. The number of nitrogens with zero attached hydrogens (tertiary/aromatic N) is 1. The Labute approximate surface area is 252 Å². The Bertz CT molecular complexity index is 893. The van der Waals surface area contributed by atoms with E-state index in [1.54, 1.807) is 13.8 Å². The molecule has 0 bridgehead atoms. The van der Waals surface area contributed by atoms with Gasteiger partial charge in [0.2, 0.25) is 0 Å². The zero-order chi connectivity index (χ0) is 32.9. The first-order valence-electron chi connectivity index (χ1n) is 13.5. The zero-order valence-corrected chi connectivity index (χ0v) is 25.3. The Kier molecular flexibility index (Phi) is 18.6. The highest BCUT2D eigenvalue weighted by molar-refractivity contribution is 5.82. The summed E-state index contributed by atoms with van der Waals surface area (Å²) in [6.45, 7) is 18.3. The summed E-state index contributed by atoms with van der Waals surface area (Å²) in [6, 6.07) is 0. The second kappa shape index (κ2) is 20.6. The Hall–Kier alpha value is -4.26. The molecule has 0 N–H and O–H groups in total. The molecule has 0 fully saturated rings. The normalized spacial score (nSPS) is 11.0. The van der Waals surface area contributed by atoms with E-state index >= 15 is 0 Å². The average molecular weight is 610 g/mol. The lowest BCUT2D eigenvalue weighted by Crippen LogP contribution is -2.37. The quantitative estimate of drug-likeness (QED) is 0.0942. The summed E-state index contributed by atoms with van der Waals surface area (Å²) in [5, 5.41) is 0. The van der Waals surface area contributed by atoms with Gasteiger partial charge in [0.15, 0.2) is 0 Å². The Morgan fingerprint density at radius 3 is 1.02 bits per heavy atom. The van der Waals surface area contributed by atoms with Crippen LogP contribution >= 0.6 is 0 Å². The van der Waals surface area contributed by atoms with Crippen LogP contribution in [-0.2, 0) is 57.2 Å². The maximum absolute atomic E-state index is 12.4. The lowest BCUT2D eigenvalue weighted by atomic mass is 9.94. The van der Waals surface area contributed by atoms with Crippen molar-refractivity contribution in [2.24, 2.45) is 10.8 Å². The van der Waals surface area contributed by atoms with Crippen LogP contribution in [0.15, 0.2) is 50.6 Å². The molecule has 0 saturated heterocycles. The standard InChI is InChI=1S/C30H43NO12/c1-8-23(32)38-17-29(6,18-39-24(33)9-2)21-42-27(36)13-15-31(12-5)16-14-28(37)43-22-30(7,19-40-25(34)10-3)20-41-26(35)11-4/h8-11H,1-4,12-22H2,5-7H3. The van der Waals surface area contributed by atoms with Gasteiger partial charge in [0.05, 0.1) is 23.7 Å². The van der Waals surface area contributed by atoms with Gasteiger partial charge in [-0.15, -0.1) is 0 Å². The second-order valence-electron chi connectivity index (χ2n) is 10.1. The third-order valence-electron chi connectivity index (χ3n) is 5.79. The minimum absolute atomic E-state index is 0.000723. The maximum Gasteiger partial charge on any atom is 0.330 e. The Morgan fingerprint density at radius 1 is 0.535 bits per heavy atom. The molecule has 0 aliphatic carbocycles. The van der Waals surface area contributed by atoms with Gasteiger partial charge in [-0.25, -0.2) is 19.2 Å². The van der Waals surface area contributed by atoms with E-state index in [2.05, 4.69) is 26.3 Å². The van der Waals surface area contributed by atoms with E-state index in [4.69, 9.17) is 28.4 Å². The Balaban J connectivity index is 4.86. The molecule has 13 nitrogen and oxygen atoms in total. The van der Waals surface area contributed by atoms with E-state index in [0.29, 0.717) is 6.54 Å². The number of esters is 6. The molecule has 0 spiro atoms. The van der Waals surface area contributed by atoms with Crippen LogP contribution < -0.4 is 0 Å². The summed E-state index contributed by atoms with van der Waals surface area (Å²) in [5.74, 6) is -3.81. The van der Waals surface area contributed by atoms with Crippen molar-refractivity contribution in [2.75, 3.05) is 59.3 Å². The smallest absolute Gasteiger partial charge is 0.330 e. The highest BCUT2D eigenvalue weighted by Crippen LogP contribution is 2.20.